The number of carbonyl (C=O) groups is 1. The number of aliphatic carboxylic acids is 1. The average molecular weight is 172 g/mol. The zero-order valence-electron chi connectivity index (χ0n) is 7.48. The maximum atomic E-state index is 10.3. The molecule has 1 N–H and O–H groups in total. The van der Waals surface area contributed by atoms with E-state index in [9.17, 15) is 4.79 Å². The molecule has 0 aromatic rings. The standard InChI is InChI=1S/C8H16O2Si/c1-7(8(9)10)5-6-11(2,3)4/h1,5-6H2,2-4H3,(H,9,10). The molecule has 0 aromatic heterocycles. The van der Waals surface area contributed by atoms with Crippen LogP contribution in [-0.4, -0.2) is 19.1 Å². The molecule has 0 bridgehead atoms. The van der Waals surface area contributed by atoms with Crippen molar-refractivity contribution in [1.29, 1.82) is 0 Å². The summed E-state index contributed by atoms with van der Waals surface area (Å²) in [6, 6.07) is 1.01. The van der Waals surface area contributed by atoms with Crippen molar-refractivity contribution < 1.29 is 9.90 Å². The Morgan fingerprint density at radius 3 is 2.18 bits per heavy atom. The highest BCUT2D eigenvalue weighted by Crippen LogP contribution is 2.14. The van der Waals surface area contributed by atoms with E-state index in [2.05, 4.69) is 26.2 Å². The lowest BCUT2D eigenvalue weighted by molar-refractivity contribution is -0.132. The monoisotopic (exact) mass is 172 g/mol. The third kappa shape index (κ3) is 5.85. The van der Waals surface area contributed by atoms with Gasteiger partial charge in [0.2, 0.25) is 0 Å². The van der Waals surface area contributed by atoms with Gasteiger partial charge in [0, 0.05) is 13.6 Å². The third-order valence-electron chi connectivity index (χ3n) is 1.48. The van der Waals surface area contributed by atoms with Gasteiger partial charge in [0.05, 0.1) is 0 Å². The lowest BCUT2D eigenvalue weighted by atomic mass is 10.2. The summed E-state index contributed by atoms with van der Waals surface area (Å²) in [5.74, 6) is -0.858. The molecule has 3 heteroatoms. The summed E-state index contributed by atoms with van der Waals surface area (Å²) in [6.07, 6.45) is 0.644. The molecule has 0 aliphatic carbocycles. The molecule has 0 aromatic carbocycles. The number of rotatable bonds is 4. The summed E-state index contributed by atoms with van der Waals surface area (Å²) in [6.45, 7) is 10.2. The first-order valence-corrected chi connectivity index (χ1v) is 7.45. The predicted octanol–water partition coefficient (Wildman–Crippen LogP) is 2.36. The van der Waals surface area contributed by atoms with Crippen LogP contribution in [0.1, 0.15) is 6.42 Å². The molecule has 0 aliphatic heterocycles. The van der Waals surface area contributed by atoms with E-state index in [1.807, 2.05) is 0 Å². The van der Waals surface area contributed by atoms with Crippen molar-refractivity contribution in [1.82, 2.24) is 0 Å². The minimum atomic E-state index is -1.09. The number of hydrogen-bond acceptors (Lipinski definition) is 1. The SMILES string of the molecule is C=C(CC[Si](C)(C)C)C(=O)O. The van der Waals surface area contributed by atoms with Crippen LogP contribution in [0.5, 0.6) is 0 Å². The van der Waals surface area contributed by atoms with Gasteiger partial charge in [0.25, 0.3) is 0 Å². The zero-order valence-corrected chi connectivity index (χ0v) is 8.48. The average Bonchev–Trinajstić information content (AvgIpc) is 1.80. The van der Waals surface area contributed by atoms with Crippen LogP contribution >= 0.6 is 0 Å². The molecule has 0 amide bonds. The number of carboxylic acids is 1. The molecule has 0 saturated heterocycles. The topological polar surface area (TPSA) is 37.3 Å². The van der Waals surface area contributed by atoms with Gasteiger partial charge in [-0.15, -0.1) is 0 Å². The molecule has 0 saturated carbocycles. The summed E-state index contributed by atoms with van der Waals surface area (Å²) in [4.78, 5) is 10.3. The van der Waals surface area contributed by atoms with E-state index in [0.29, 0.717) is 12.0 Å². The number of carboxylic acid groups (broad SMARTS) is 1. The van der Waals surface area contributed by atoms with E-state index in [-0.39, 0.29) is 0 Å². The largest absolute Gasteiger partial charge is 0.478 e. The Kier molecular flexibility index (Phi) is 3.52. The summed E-state index contributed by atoms with van der Waals surface area (Å²) in [5, 5.41) is 8.49. The van der Waals surface area contributed by atoms with Crippen molar-refractivity contribution in [3.05, 3.63) is 12.2 Å². The lowest BCUT2D eigenvalue weighted by Gasteiger charge is -2.14. The van der Waals surface area contributed by atoms with Gasteiger partial charge in [-0.2, -0.15) is 0 Å². The molecule has 0 atom stereocenters. The normalized spacial score (nSPS) is 11.2. The van der Waals surface area contributed by atoms with Crippen LogP contribution in [0.15, 0.2) is 12.2 Å². The Hall–Kier alpha value is -0.573. The van der Waals surface area contributed by atoms with Crippen LogP contribution in [0.4, 0.5) is 0 Å². The fourth-order valence-electron chi connectivity index (χ4n) is 0.633. The molecule has 0 fully saturated rings. The molecule has 0 unspecified atom stereocenters. The quantitative estimate of drug-likeness (QED) is 0.522. The van der Waals surface area contributed by atoms with E-state index in [4.69, 9.17) is 5.11 Å². The molecular weight excluding hydrogens is 156 g/mol. The third-order valence-corrected chi connectivity index (χ3v) is 3.23. The smallest absolute Gasteiger partial charge is 0.330 e. The first-order chi connectivity index (χ1) is 4.83. The summed E-state index contributed by atoms with van der Waals surface area (Å²) in [7, 11) is -1.09. The van der Waals surface area contributed by atoms with Crippen molar-refractivity contribution in [2.24, 2.45) is 0 Å². The van der Waals surface area contributed by atoms with Crippen molar-refractivity contribution in [3.63, 3.8) is 0 Å². The van der Waals surface area contributed by atoms with E-state index in [1.54, 1.807) is 0 Å². The van der Waals surface area contributed by atoms with Gasteiger partial charge in [0.15, 0.2) is 0 Å². The van der Waals surface area contributed by atoms with Crippen molar-refractivity contribution >= 4 is 14.0 Å². The molecule has 64 valence electrons. The van der Waals surface area contributed by atoms with Gasteiger partial charge in [-0.3, -0.25) is 0 Å². The Bertz CT molecular complexity index is 167. The molecule has 11 heavy (non-hydrogen) atoms. The highest BCUT2D eigenvalue weighted by molar-refractivity contribution is 6.76. The van der Waals surface area contributed by atoms with Gasteiger partial charge in [-0.25, -0.2) is 4.79 Å². The van der Waals surface area contributed by atoms with Crippen LogP contribution in [0.25, 0.3) is 0 Å². The van der Waals surface area contributed by atoms with Crippen molar-refractivity contribution in [3.8, 4) is 0 Å². The van der Waals surface area contributed by atoms with Crippen LogP contribution in [-0.2, 0) is 4.79 Å². The van der Waals surface area contributed by atoms with E-state index in [1.165, 1.54) is 0 Å². The van der Waals surface area contributed by atoms with Crippen LogP contribution in [0.3, 0.4) is 0 Å². The van der Waals surface area contributed by atoms with Gasteiger partial charge in [0.1, 0.15) is 0 Å². The molecule has 0 spiro atoms. The van der Waals surface area contributed by atoms with Gasteiger partial charge < -0.3 is 5.11 Å². The molecule has 0 aliphatic rings. The highest BCUT2D eigenvalue weighted by atomic mass is 28.3. The van der Waals surface area contributed by atoms with Gasteiger partial charge in [-0.1, -0.05) is 32.3 Å². The highest BCUT2D eigenvalue weighted by Gasteiger charge is 2.14. The molecular formula is C8H16O2Si. The van der Waals surface area contributed by atoms with E-state index >= 15 is 0 Å². The maximum Gasteiger partial charge on any atom is 0.330 e. The van der Waals surface area contributed by atoms with Gasteiger partial charge >= 0.3 is 5.97 Å². The fraction of sp³-hybridized carbons (Fsp3) is 0.625. The minimum absolute atomic E-state index is 0.340. The number of hydrogen-bond donors (Lipinski definition) is 1. The second kappa shape index (κ2) is 3.71. The Morgan fingerprint density at radius 1 is 1.45 bits per heavy atom. The second-order valence-electron chi connectivity index (χ2n) is 3.97. The second-order valence-corrected chi connectivity index (χ2v) is 9.59. The lowest BCUT2D eigenvalue weighted by Crippen LogP contribution is -2.19. The minimum Gasteiger partial charge on any atom is -0.478 e. The van der Waals surface area contributed by atoms with Crippen LogP contribution < -0.4 is 0 Å². The van der Waals surface area contributed by atoms with Crippen LogP contribution in [0.2, 0.25) is 25.7 Å². The molecule has 0 rings (SSSR count). The molecule has 0 heterocycles. The first-order valence-electron chi connectivity index (χ1n) is 3.74. The fourth-order valence-corrected chi connectivity index (χ4v) is 1.68. The predicted molar refractivity (Wildman–Crippen MR) is 49.5 cm³/mol. The van der Waals surface area contributed by atoms with Gasteiger partial charge in [-0.05, 0) is 6.42 Å². The van der Waals surface area contributed by atoms with E-state index < -0.39 is 14.0 Å². The van der Waals surface area contributed by atoms with Crippen molar-refractivity contribution in [2.45, 2.75) is 32.1 Å². The Morgan fingerprint density at radius 2 is 1.91 bits per heavy atom. The zero-order chi connectivity index (χ0) is 9.07. The summed E-state index contributed by atoms with van der Waals surface area (Å²) < 4.78 is 0. The van der Waals surface area contributed by atoms with Crippen molar-refractivity contribution in [2.75, 3.05) is 0 Å². The molecule has 0 radical (unpaired) electrons. The summed E-state index contributed by atoms with van der Waals surface area (Å²) >= 11 is 0. The Labute approximate surface area is 68.9 Å². The Balaban J connectivity index is 3.73. The summed E-state index contributed by atoms with van der Waals surface area (Å²) in [5.41, 5.74) is 0.340. The molecule has 2 nitrogen and oxygen atoms in total. The van der Waals surface area contributed by atoms with E-state index in [0.717, 1.165) is 6.04 Å². The maximum absolute atomic E-state index is 10.3. The first kappa shape index (κ1) is 10.4. The van der Waals surface area contributed by atoms with Crippen LogP contribution in [0, 0.1) is 0 Å².